The minimum Gasteiger partial charge on any atom is -0.406 e. The summed E-state index contributed by atoms with van der Waals surface area (Å²) in [6, 6.07) is 7.90. The molecule has 9 nitrogen and oxygen atoms in total. The van der Waals surface area contributed by atoms with Crippen molar-refractivity contribution in [2.45, 2.75) is 17.7 Å². The summed E-state index contributed by atoms with van der Waals surface area (Å²) in [6.45, 7) is 2.93. The first kappa shape index (κ1) is 26.2. The molecule has 2 aromatic carbocycles. The zero-order chi connectivity index (χ0) is 25.1. The van der Waals surface area contributed by atoms with E-state index in [0.29, 0.717) is 22.6 Å². The van der Waals surface area contributed by atoms with Crippen LogP contribution in [-0.4, -0.2) is 55.6 Å². The fraction of sp³-hybridized carbons (Fsp3) is 0.368. The smallest absolute Gasteiger partial charge is 0.406 e. The average molecular weight is 543 g/mol. The Kier molecular flexibility index (Phi) is 7.75. The summed E-state index contributed by atoms with van der Waals surface area (Å²) in [7, 11) is -8.28. The van der Waals surface area contributed by atoms with Crippen LogP contribution in [0.25, 0.3) is 0 Å². The monoisotopic (exact) mass is 542 g/mol. The van der Waals surface area contributed by atoms with Crippen molar-refractivity contribution in [2.75, 3.05) is 45.9 Å². The number of hydrogen-bond acceptors (Lipinski definition) is 7. The molecule has 1 aliphatic heterocycles. The Morgan fingerprint density at radius 2 is 1.74 bits per heavy atom. The van der Waals surface area contributed by atoms with E-state index in [0.717, 1.165) is 50.0 Å². The third kappa shape index (κ3) is 6.81. The van der Waals surface area contributed by atoms with Crippen molar-refractivity contribution in [3.05, 3.63) is 42.5 Å². The summed E-state index contributed by atoms with van der Waals surface area (Å²) in [4.78, 5) is 1.59. The molecule has 0 saturated carbocycles. The van der Waals surface area contributed by atoms with Crippen molar-refractivity contribution in [2.24, 2.45) is 0 Å². The van der Waals surface area contributed by atoms with Crippen molar-refractivity contribution in [3.63, 3.8) is 0 Å². The molecule has 0 aromatic heterocycles. The van der Waals surface area contributed by atoms with Crippen LogP contribution in [0.3, 0.4) is 0 Å². The molecule has 0 aliphatic carbocycles. The second kappa shape index (κ2) is 10.1. The van der Waals surface area contributed by atoms with Crippen LogP contribution < -0.4 is 23.5 Å². The minimum atomic E-state index is -4.93. The van der Waals surface area contributed by atoms with Crippen molar-refractivity contribution in [1.29, 1.82) is 0 Å². The van der Waals surface area contributed by atoms with Crippen LogP contribution in [0.4, 0.5) is 30.2 Å². The van der Waals surface area contributed by atoms with E-state index >= 15 is 0 Å². The summed E-state index contributed by atoms with van der Waals surface area (Å²) < 4.78 is 93.4. The SMILES string of the molecule is CS(=O)(=O)Nc1cc(N2CCCNCC2)ccc1N(Cl)S(=O)(=O)c1ccc(OC(F)(F)F)cc1. The third-order valence-electron chi connectivity index (χ3n) is 4.74. The molecular formula is C19H22ClF3N4O5S2. The van der Waals surface area contributed by atoms with Crippen LogP contribution >= 0.6 is 11.8 Å². The number of rotatable bonds is 7. The molecule has 0 bridgehead atoms. The lowest BCUT2D eigenvalue weighted by atomic mass is 10.2. The molecule has 0 spiro atoms. The summed E-state index contributed by atoms with van der Waals surface area (Å²) in [5.41, 5.74) is 0.405. The van der Waals surface area contributed by atoms with Gasteiger partial charge in [0.2, 0.25) is 10.0 Å². The van der Waals surface area contributed by atoms with Gasteiger partial charge in [0.05, 0.1) is 22.5 Å². The molecule has 0 atom stereocenters. The second-order valence-corrected chi connectivity index (χ2v) is 11.5. The molecule has 2 N–H and O–H groups in total. The maximum atomic E-state index is 13.0. The highest BCUT2D eigenvalue weighted by Crippen LogP contribution is 2.36. The summed E-state index contributed by atoms with van der Waals surface area (Å²) >= 11 is 6.15. The molecule has 1 saturated heterocycles. The minimum absolute atomic E-state index is 0.0761. The lowest BCUT2D eigenvalue weighted by Crippen LogP contribution is -2.28. The maximum Gasteiger partial charge on any atom is 0.573 e. The molecular weight excluding hydrogens is 521 g/mol. The molecule has 3 rings (SSSR count). The van der Waals surface area contributed by atoms with Crippen molar-refractivity contribution < 1.29 is 34.7 Å². The number of ether oxygens (including phenoxy) is 1. The molecule has 1 aliphatic rings. The quantitative estimate of drug-likeness (QED) is 0.518. The summed E-state index contributed by atoms with van der Waals surface area (Å²) in [6.07, 6.45) is -3.16. The van der Waals surface area contributed by atoms with Gasteiger partial charge < -0.3 is 15.0 Å². The van der Waals surface area contributed by atoms with Gasteiger partial charge >= 0.3 is 6.36 Å². The number of alkyl halides is 3. The average Bonchev–Trinajstić information content (AvgIpc) is 3.01. The van der Waals surface area contributed by atoms with E-state index in [1.807, 2.05) is 4.90 Å². The lowest BCUT2D eigenvalue weighted by Gasteiger charge is -2.25. The number of nitrogens with zero attached hydrogens (tertiary/aromatic N) is 2. The molecule has 0 radical (unpaired) electrons. The summed E-state index contributed by atoms with van der Waals surface area (Å²) in [5, 5.41) is 3.25. The first-order chi connectivity index (χ1) is 15.8. The van der Waals surface area contributed by atoms with Crippen LogP contribution in [-0.2, 0) is 20.0 Å². The highest BCUT2D eigenvalue weighted by atomic mass is 35.5. The standard InChI is InChI=1S/C19H22ClF3N4O5S2/c1-33(28,29)25-17-13-14(26-11-2-9-24-10-12-26)3-8-18(17)27(20)34(30,31)16-6-4-15(5-7-16)32-19(21,22)23/h3-8,13,24-25H,2,9-12H2,1H3. The Hall–Kier alpha value is -2.42. The van der Waals surface area contributed by atoms with Crippen molar-refractivity contribution in [3.8, 4) is 5.75 Å². The Morgan fingerprint density at radius 1 is 1.06 bits per heavy atom. The fourth-order valence-corrected chi connectivity index (χ4v) is 5.33. The van der Waals surface area contributed by atoms with Gasteiger partial charge in [0, 0.05) is 37.1 Å². The number of benzene rings is 2. The Labute approximate surface area is 200 Å². The molecule has 0 unspecified atom stereocenters. The molecule has 0 amide bonds. The topological polar surface area (TPSA) is 108 Å². The lowest BCUT2D eigenvalue weighted by molar-refractivity contribution is -0.274. The molecule has 1 fully saturated rings. The highest BCUT2D eigenvalue weighted by molar-refractivity contribution is 7.94. The third-order valence-corrected chi connectivity index (χ3v) is 7.54. The van der Waals surface area contributed by atoms with Crippen molar-refractivity contribution >= 4 is 48.9 Å². The van der Waals surface area contributed by atoms with Gasteiger partial charge in [-0.05, 0) is 55.4 Å². The van der Waals surface area contributed by atoms with Gasteiger partial charge in [-0.25, -0.2) is 8.42 Å². The number of nitrogens with one attached hydrogen (secondary N) is 2. The predicted octanol–water partition coefficient (Wildman–Crippen LogP) is 3.11. The molecule has 2 aromatic rings. The van der Waals surface area contributed by atoms with Crippen LogP contribution in [0.15, 0.2) is 47.4 Å². The number of hydrogen-bond donors (Lipinski definition) is 2. The van der Waals surface area contributed by atoms with Crippen molar-refractivity contribution in [1.82, 2.24) is 5.32 Å². The van der Waals surface area contributed by atoms with E-state index in [9.17, 15) is 30.0 Å². The highest BCUT2D eigenvalue weighted by Gasteiger charge is 2.32. The normalized spacial score (nSPS) is 15.5. The van der Waals surface area contributed by atoms with E-state index < -0.39 is 37.1 Å². The Bertz CT molecular complexity index is 1220. The Balaban J connectivity index is 1.96. The zero-order valence-electron chi connectivity index (χ0n) is 17.8. The van der Waals surface area contributed by atoms with Gasteiger partial charge in [-0.3, -0.25) is 4.72 Å². The maximum absolute atomic E-state index is 13.0. The van der Waals surface area contributed by atoms with Crippen LogP contribution in [0.1, 0.15) is 6.42 Å². The van der Waals surface area contributed by atoms with Crippen LogP contribution in [0.2, 0.25) is 0 Å². The van der Waals surface area contributed by atoms with Gasteiger partial charge in [-0.1, -0.05) is 0 Å². The molecule has 34 heavy (non-hydrogen) atoms. The number of halogens is 4. The van der Waals surface area contributed by atoms with Gasteiger partial charge in [-0.2, -0.15) is 12.2 Å². The largest absolute Gasteiger partial charge is 0.573 e. The van der Waals surface area contributed by atoms with Gasteiger partial charge in [0.25, 0.3) is 10.0 Å². The van der Waals surface area contributed by atoms with E-state index in [4.69, 9.17) is 11.8 Å². The van der Waals surface area contributed by atoms with E-state index in [-0.39, 0.29) is 11.4 Å². The zero-order valence-corrected chi connectivity index (χ0v) is 20.2. The van der Waals surface area contributed by atoms with E-state index in [1.165, 1.54) is 12.1 Å². The second-order valence-electron chi connectivity index (χ2n) is 7.41. The van der Waals surface area contributed by atoms with E-state index in [2.05, 4.69) is 14.8 Å². The number of sulfonamides is 2. The van der Waals surface area contributed by atoms with E-state index in [1.54, 1.807) is 6.07 Å². The first-order valence-corrected chi connectivity index (χ1v) is 13.6. The predicted molar refractivity (Wildman–Crippen MR) is 123 cm³/mol. The van der Waals surface area contributed by atoms with Crippen LogP contribution in [0, 0.1) is 0 Å². The van der Waals surface area contributed by atoms with Gasteiger partial charge in [0.15, 0.2) is 0 Å². The summed E-state index contributed by atoms with van der Waals surface area (Å²) in [5.74, 6) is -0.608. The fourth-order valence-electron chi connectivity index (χ4n) is 3.29. The van der Waals surface area contributed by atoms with Gasteiger partial charge in [-0.15, -0.1) is 13.2 Å². The molecule has 15 heteroatoms. The van der Waals surface area contributed by atoms with Gasteiger partial charge in [0.1, 0.15) is 5.75 Å². The molecule has 188 valence electrons. The first-order valence-electron chi connectivity index (χ1n) is 9.91. The number of anilines is 3. The van der Waals surface area contributed by atoms with Crippen LogP contribution in [0.5, 0.6) is 5.75 Å². The molecule has 1 heterocycles. The Morgan fingerprint density at radius 3 is 2.35 bits per heavy atom.